The summed E-state index contributed by atoms with van der Waals surface area (Å²) in [5.74, 6) is 2.74. The molecule has 0 N–H and O–H groups in total. The molecule has 0 bridgehead atoms. The maximum atomic E-state index is 5.92. The molecule has 0 amide bonds. The fourth-order valence-electron chi connectivity index (χ4n) is 3.38. The van der Waals surface area contributed by atoms with Gasteiger partial charge in [0.15, 0.2) is 0 Å². The van der Waals surface area contributed by atoms with Crippen LogP contribution in [0.15, 0.2) is 72.8 Å². The minimum Gasteiger partial charge on any atom is -0.497 e. The molecule has 0 fully saturated rings. The maximum absolute atomic E-state index is 5.92. The zero-order valence-electron chi connectivity index (χ0n) is 16.3. The van der Waals surface area contributed by atoms with Gasteiger partial charge in [-0.05, 0) is 67.4 Å². The Morgan fingerprint density at radius 2 is 1.71 bits per heavy atom. The Morgan fingerprint density at radius 1 is 0.893 bits per heavy atom. The van der Waals surface area contributed by atoms with Crippen LogP contribution in [0.2, 0.25) is 0 Å². The van der Waals surface area contributed by atoms with Crippen LogP contribution in [0.1, 0.15) is 12.0 Å². The van der Waals surface area contributed by atoms with Gasteiger partial charge in [0.05, 0.1) is 24.8 Å². The van der Waals surface area contributed by atoms with Crippen molar-refractivity contribution in [3.8, 4) is 22.9 Å². The molecule has 4 nitrogen and oxygen atoms in total. The normalized spacial score (nSPS) is 10.9. The first-order chi connectivity index (χ1) is 13.7. The first kappa shape index (κ1) is 18.1. The van der Waals surface area contributed by atoms with Gasteiger partial charge in [0.25, 0.3) is 0 Å². The number of nitrogens with zero attached hydrogens (tertiary/aromatic N) is 2. The topological polar surface area (TPSA) is 36.3 Å². The summed E-state index contributed by atoms with van der Waals surface area (Å²) in [5.41, 5.74) is 4.44. The number of para-hydroxylation sites is 2. The standard InChI is InChI=1S/C24H24N2O2/c1-18-7-5-8-21(17-18)28-16-6-15-26-23-10-4-3-9-22(23)25-24(26)19-11-13-20(27-2)14-12-19/h3-5,7-14,17H,6,15-16H2,1-2H3. The summed E-state index contributed by atoms with van der Waals surface area (Å²) >= 11 is 0. The van der Waals surface area contributed by atoms with Gasteiger partial charge in [-0.15, -0.1) is 0 Å². The molecule has 0 unspecified atom stereocenters. The number of aromatic nitrogens is 2. The zero-order chi connectivity index (χ0) is 19.3. The molecule has 0 aliphatic heterocycles. The number of imidazole rings is 1. The molecular weight excluding hydrogens is 348 g/mol. The second-order valence-corrected chi connectivity index (χ2v) is 6.82. The molecule has 142 valence electrons. The van der Waals surface area contributed by atoms with Crippen LogP contribution in [0, 0.1) is 6.92 Å². The number of rotatable bonds is 7. The van der Waals surface area contributed by atoms with Crippen molar-refractivity contribution < 1.29 is 9.47 Å². The van der Waals surface area contributed by atoms with Crippen molar-refractivity contribution in [1.82, 2.24) is 9.55 Å². The van der Waals surface area contributed by atoms with Crippen LogP contribution in [0.5, 0.6) is 11.5 Å². The highest BCUT2D eigenvalue weighted by Crippen LogP contribution is 2.26. The monoisotopic (exact) mass is 372 g/mol. The first-order valence-corrected chi connectivity index (χ1v) is 9.54. The molecule has 0 aliphatic carbocycles. The SMILES string of the molecule is COc1ccc(-c2nc3ccccc3n2CCCOc2cccc(C)c2)cc1. The van der Waals surface area contributed by atoms with E-state index in [4.69, 9.17) is 14.5 Å². The van der Waals surface area contributed by atoms with E-state index in [9.17, 15) is 0 Å². The highest BCUT2D eigenvalue weighted by Gasteiger charge is 2.12. The molecule has 0 radical (unpaired) electrons. The average Bonchev–Trinajstić information content (AvgIpc) is 3.10. The van der Waals surface area contributed by atoms with E-state index in [1.165, 1.54) is 5.56 Å². The van der Waals surface area contributed by atoms with Crippen molar-refractivity contribution in [1.29, 1.82) is 0 Å². The third kappa shape index (κ3) is 3.86. The third-order valence-electron chi connectivity index (χ3n) is 4.79. The Balaban J connectivity index is 1.54. The summed E-state index contributed by atoms with van der Waals surface area (Å²) in [7, 11) is 1.68. The number of hydrogen-bond donors (Lipinski definition) is 0. The smallest absolute Gasteiger partial charge is 0.141 e. The fraction of sp³-hybridized carbons (Fsp3) is 0.208. The lowest BCUT2D eigenvalue weighted by Gasteiger charge is -2.11. The van der Waals surface area contributed by atoms with Gasteiger partial charge in [0.1, 0.15) is 17.3 Å². The van der Waals surface area contributed by atoms with Crippen molar-refractivity contribution in [2.75, 3.05) is 13.7 Å². The zero-order valence-corrected chi connectivity index (χ0v) is 16.3. The Kier molecular flexibility index (Phi) is 5.29. The van der Waals surface area contributed by atoms with Gasteiger partial charge in [0.2, 0.25) is 0 Å². The van der Waals surface area contributed by atoms with Crippen LogP contribution in [-0.2, 0) is 6.54 Å². The molecule has 0 spiro atoms. The Morgan fingerprint density at radius 3 is 2.50 bits per heavy atom. The Bertz CT molecular complexity index is 1070. The number of benzene rings is 3. The molecule has 4 heteroatoms. The highest BCUT2D eigenvalue weighted by molar-refractivity contribution is 5.80. The fourth-order valence-corrected chi connectivity index (χ4v) is 3.38. The summed E-state index contributed by atoms with van der Waals surface area (Å²) in [4.78, 5) is 4.87. The Labute approximate surface area is 165 Å². The number of ether oxygens (including phenoxy) is 2. The van der Waals surface area contributed by atoms with Gasteiger partial charge in [-0.25, -0.2) is 4.98 Å². The molecule has 1 heterocycles. The molecule has 4 rings (SSSR count). The van der Waals surface area contributed by atoms with Gasteiger partial charge in [-0.2, -0.15) is 0 Å². The molecule has 0 atom stereocenters. The van der Waals surface area contributed by atoms with Gasteiger partial charge in [-0.3, -0.25) is 0 Å². The van der Waals surface area contributed by atoms with E-state index in [0.29, 0.717) is 6.61 Å². The average molecular weight is 372 g/mol. The third-order valence-corrected chi connectivity index (χ3v) is 4.79. The lowest BCUT2D eigenvalue weighted by molar-refractivity contribution is 0.302. The van der Waals surface area contributed by atoms with E-state index in [0.717, 1.165) is 46.9 Å². The van der Waals surface area contributed by atoms with Gasteiger partial charge >= 0.3 is 0 Å². The number of hydrogen-bond acceptors (Lipinski definition) is 3. The minimum atomic E-state index is 0.665. The van der Waals surface area contributed by atoms with Gasteiger partial charge < -0.3 is 14.0 Å². The summed E-state index contributed by atoms with van der Waals surface area (Å²) in [6, 6.07) is 24.5. The van der Waals surface area contributed by atoms with Crippen molar-refractivity contribution in [2.45, 2.75) is 19.9 Å². The second-order valence-electron chi connectivity index (χ2n) is 6.82. The maximum Gasteiger partial charge on any atom is 0.141 e. The van der Waals surface area contributed by atoms with Gasteiger partial charge in [0, 0.05) is 12.1 Å². The lowest BCUT2D eigenvalue weighted by atomic mass is 10.2. The van der Waals surface area contributed by atoms with Crippen LogP contribution in [0.4, 0.5) is 0 Å². The number of methoxy groups -OCH3 is 1. The van der Waals surface area contributed by atoms with E-state index < -0.39 is 0 Å². The van der Waals surface area contributed by atoms with E-state index in [1.807, 2.05) is 30.3 Å². The summed E-state index contributed by atoms with van der Waals surface area (Å²) < 4.78 is 13.5. The van der Waals surface area contributed by atoms with Crippen LogP contribution in [0.3, 0.4) is 0 Å². The summed E-state index contributed by atoms with van der Waals surface area (Å²) in [6.45, 7) is 3.58. The minimum absolute atomic E-state index is 0.665. The Hall–Kier alpha value is -3.27. The molecule has 3 aromatic carbocycles. The van der Waals surface area contributed by atoms with E-state index in [1.54, 1.807) is 7.11 Å². The van der Waals surface area contributed by atoms with Crippen LogP contribution in [0.25, 0.3) is 22.4 Å². The first-order valence-electron chi connectivity index (χ1n) is 9.54. The van der Waals surface area contributed by atoms with E-state index >= 15 is 0 Å². The van der Waals surface area contributed by atoms with Crippen molar-refractivity contribution in [3.05, 3.63) is 78.4 Å². The predicted molar refractivity (Wildman–Crippen MR) is 113 cm³/mol. The summed E-state index contributed by atoms with van der Waals surface area (Å²) in [6.07, 6.45) is 0.900. The van der Waals surface area contributed by atoms with Crippen molar-refractivity contribution in [3.63, 3.8) is 0 Å². The number of fused-ring (bicyclic) bond motifs is 1. The van der Waals surface area contributed by atoms with E-state index in [2.05, 4.69) is 54.0 Å². The molecule has 0 saturated carbocycles. The second kappa shape index (κ2) is 8.17. The van der Waals surface area contributed by atoms with Crippen molar-refractivity contribution in [2.24, 2.45) is 0 Å². The van der Waals surface area contributed by atoms with E-state index in [-0.39, 0.29) is 0 Å². The molecule has 0 saturated heterocycles. The lowest BCUT2D eigenvalue weighted by Crippen LogP contribution is -2.06. The predicted octanol–water partition coefficient (Wildman–Crippen LogP) is 5.49. The molecule has 0 aliphatic rings. The van der Waals surface area contributed by atoms with Crippen LogP contribution < -0.4 is 9.47 Å². The largest absolute Gasteiger partial charge is 0.497 e. The highest BCUT2D eigenvalue weighted by atomic mass is 16.5. The summed E-state index contributed by atoms with van der Waals surface area (Å²) in [5, 5.41) is 0. The number of aryl methyl sites for hydroxylation is 2. The van der Waals surface area contributed by atoms with Crippen molar-refractivity contribution >= 4 is 11.0 Å². The molecule has 28 heavy (non-hydrogen) atoms. The van der Waals surface area contributed by atoms with Crippen LogP contribution >= 0.6 is 0 Å². The van der Waals surface area contributed by atoms with Crippen LogP contribution in [-0.4, -0.2) is 23.3 Å². The molecule has 1 aromatic heterocycles. The molecule has 4 aromatic rings. The quantitative estimate of drug-likeness (QED) is 0.403. The van der Waals surface area contributed by atoms with Gasteiger partial charge in [-0.1, -0.05) is 24.3 Å². The molecular formula is C24H24N2O2.